The smallest absolute Gasteiger partial charge is 0.382 e. The highest BCUT2D eigenvalue weighted by atomic mass is 16.7. The number of hydrogen-bond acceptors (Lipinski definition) is 3. The molecule has 1 heterocycles. The van der Waals surface area contributed by atoms with Crippen molar-refractivity contribution in [2.24, 2.45) is 5.92 Å². The maximum Gasteiger partial charge on any atom is 0.382 e. The van der Waals surface area contributed by atoms with Crippen molar-refractivity contribution in [3.05, 3.63) is 35.4 Å². The predicted molar refractivity (Wildman–Crippen MR) is 111 cm³/mol. The molecule has 0 aliphatic carbocycles. The van der Waals surface area contributed by atoms with Crippen LogP contribution in [-0.2, 0) is 14.3 Å². The summed E-state index contributed by atoms with van der Waals surface area (Å²) in [6, 6.07) is 7.37. The minimum Gasteiger partial charge on any atom is -0.472 e. The molecule has 1 N–H and O–H groups in total. The normalized spacial score (nSPS) is 19.0. The van der Waals surface area contributed by atoms with Crippen LogP contribution in [-0.4, -0.2) is 24.3 Å². The van der Waals surface area contributed by atoms with Crippen molar-refractivity contribution >= 4 is 5.97 Å². The highest BCUT2D eigenvalue weighted by molar-refractivity contribution is 5.87. The second-order valence-corrected chi connectivity index (χ2v) is 7.66. The van der Waals surface area contributed by atoms with Crippen molar-refractivity contribution in [2.75, 3.05) is 13.2 Å². The Kier molecular flexibility index (Phi) is 10.7. The summed E-state index contributed by atoms with van der Waals surface area (Å²) in [4.78, 5) is 10.5. The van der Waals surface area contributed by atoms with Crippen LogP contribution in [0.1, 0.15) is 88.5 Å². The molecule has 0 saturated carbocycles. The van der Waals surface area contributed by atoms with E-state index in [1.807, 2.05) is 12.1 Å². The maximum atomic E-state index is 10.5. The molecule has 4 nitrogen and oxygen atoms in total. The average Bonchev–Trinajstić information content (AvgIpc) is 2.72. The first-order valence-corrected chi connectivity index (χ1v) is 10.8. The van der Waals surface area contributed by atoms with Crippen molar-refractivity contribution in [2.45, 2.75) is 77.4 Å². The first-order valence-electron chi connectivity index (χ1n) is 10.8. The lowest BCUT2D eigenvalue weighted by atomic mass is 10.0. The van der Waals surface area contributed by atoms with Gasteiger partial charge in [-0.25, -0.2) is 4.79 Å². The number of ether oxygens (including phenoxy) is 2. The minimum absolute atomic E-state index is 0.333. The number of rotatable bonds is 11. The van der Waals surface area contributed by atoms with Gasteiger partial charge in [-0.1, -0.05) is 82.8 Å². The number of carboxylic acids is 1. The third kappa shape index (κ3) is 8.91. The molecule has 1 aliphatic rings. The van der Waals surface area contributed by atoms with E-state index in [-0.39, 0.29) is 6.29 Å². The van der Waals surface area contributed by atoms with Crippen molar-refractivity contribution in [3.63, 3.8) is 0 Å². The highest BCUT2D eigenvalue weighted by Crippen LogP contribution is 2.27. The van der Waals surface area contributed by atoms with Gasteiger partial charge in [-0.05, 0) is 18.6 Å². The zero-order valence-corrected chi connectivity index (χ0v) is 17.1. The maximum absolute atomic E-state index is 10.5. The van der Waals surface area contributed by atoms with Crippen LogP contribution in [0, 0.1) is 17.8 Å². The second kappa shape index (κ2) is 13.4. The van der Waals surface area contributed by atoms with Gasteiger partial charge in [0.1, 0.15) is 0 Å². The summed E-state index contributed by atoms with van der Waals surface area (Å²) in [6.45, 7) is 3.74. The van der Waals surface area contributed by atoms with Crippen LogP contribution in [0.25, 0.3) is 0 Å². The predicted octanol–water partition coefficient (Wildman–Crippen LogP) is 5.71. The molecule has 0 radical (unpaired) electrons. The van der Waals surface area contributed by atoms with Gasteiger partial charge in [0.05, 0.1) is 13.2 Å². The summed E-state index contributed by atoms with van der Waals surface area (Å²) in [5, 5.41) is 8.59. The van der Waals surface area contributed by atoms with Crippen LogP contribution < -0.4 is 0 Å². The molecular weight excluding hydrogens is 352 g/mol. The van der Waals surface area contributed by atoms with Gasteiger partial charge in [0.15, 0.2) is 6.29 Å². The Labute approximate surface area is 169 Å². The van der Waals surface area contributed by atoms with Crippen LogP contribution in [0.4, 0.5) is 0 Å². The second-order valence-electron chi connectivity index (χ2n) is 7.66. The van der Waals surface area contributed by atoms with Gasteiger partial charge in [0.2, 0.25) is 0 Å². The summed E-state index contributed by atoms with van der Waals surface area (Å²) >= 11 is 0. The van der Waals surface area contributed by atoms with Crippen molar-refractivity contribution in [3.8, 4) is 11.8 Å². The molecule has 0 bridgehead atoms. The molecule has 1 saturated heterocycles. The highest BCUT2D eigenvalue weighted by Gasteiger charge is 2.23. The van der Waals surface area contributed by atoms with Gasteiger partial charge in [-0.15, -0.1) is 0 Å². The van der Waals surface area contributed by atoms with E-state index in [2.05, 4.69) is 18.8 Å². The first kappa shape index (κ1) is 22.5. The van der Waals surface area contributed by atoms with Gasteiger partial charge in [0.25, 0.3) is 0 Å². The third-order valence-corrected chi connectivity index (χ3v) is 5.18. The van der Waals surface area contributed by atoms with E-state index in [9.17, 15) is 4.79 Å². The summed E-state index contributed by atoms with van der Waals surface area (Å²) < 4.78 is 11.8. The van der Waals surface area contributed by atoms with Gasteiger partial charge in [-0.3, -0.25) is 0 Å². The molecule has 1 aliphatic heterocycles. The van der Waals surface area contributed by atoms with Crippen LogP contribution >= 0.6 is 0 Å². The van der Waals surface area contributed by atoms with Crippen molar-refractivity contribution < 1.29 is 19.4 Å². The third-order valence-electron chi connectivity index (χ3n) is 5.18. The lowest BCUT2D eigenvalue weighted by molar-refractivity contribution is -0.206. The molecule has 1 aromatic rings. The van der Waals surface area contributed by atoms with E-state index in [1.54, 1.807) is 12.1 Å². The van der Waals surface area contributed by atoms with Crippen molar-refractivity contribution in [1.29, 1.82) is 0 Å². The van der Waals surface area contributed by atoms with E-state index in [4.69, 9.17) is 14.6 Å². The number of carbonyl (C=O) groups is 1. The van der Waals surface area contributed by atoms with E-state index >= 15 is 0 Å². The molecule has 0 spiro atoms. The number of hydrogen-bond donors (Lipinski definition) is 1. The van der Waals surface area contributed by atoms with Gasteiger partial charge >= 0.3 is 5.97 Å². The van der Waals surface area contributed by atoms with Crippen LogP contribution in [0.5, 0.6) is 0 Å². The number of carboxylic acid groups (broad SMARTS) is 1. The van der Waals surface area contributed by atoms with E-state index < -0.39 is 5.97 Å². The topological polar surface area (TPSA) is 55.8 Å². The van der Waals surface area contributed by atoms with E-state index in [0.29, 0.717) is 11.5 Å². The molecule has 1 fully saturated rings. The average molecular weight is 387 g/mol. The number of unbranched alkanes of at least 4 members (excludes halogenated alkanes) is 8. The van der Waals surface area contributed by atoms with Crippen molar-refractivity contribution in [1.82, 2.24) is 0 Å². The molecule has 0 aromatic heterocycles. The Hall–Kier alpha value is -1.83. The Morgan fingerprint density at radius 3 is 2.11 bits per heavy atom. The van der Waals surface area contributed by atoms with Gasteiger partial charge in [-0.2, -0.15) is 0 Å². The fraction of sp³-hybridized carbons (Fsp3) is 0.625. The van der Waals surface area contributed by atoms with Crippen LogP contribution in [0.3, 0.4) is 0 Å². The number of benzene rings is 1. The van der Waals surface area contributed by atoms with Crippen LogP contribution in [0.15, 0.2) is 24.3 Å². The lowest BCUT2D eigenvalue weighted by Crippen LogP contribution is -2.27. The van der Waals surface area contributed by atoms with Gasteiger partial charge < -0.3 is 14.6 Å². The monoisotopic (exact) mass is 386 g/mol. The van der Waals surface area contributed by atoms with E-state index in [0.717, 1.165) is 18.8 Å². The zero-order valence-electron chi connectivity index (χ0n) is 17.1. The summed E-state index contributed by atoms with van der Waals surface area (Å²) in [5.74, 6) is 4.08. The molecule has 4 heteroatoms. The molecule has 0 atom stereocenters. The molecular formula is C24H34O4. The molecule has 0 unspecified atom stereocenters. The SMILES string of the molecule is CCCCCCCCCCCC1COC(c2ccc(C#CC(=O)O)cc2)OC1. The zero-order chi connectivity index (χ0) is 20.0. The Morgan fingerprint density at radius 1 is 0.964 bits per heavy atom. The fourth-order valence-electron chi connectivity index (χ4n) is 3.50. The summed E-state index contributed by atoms with van der Waals surface area (Å²) in [6.07, 6.45) is 13.0. The summed E-state index contributed by atoms with van der Waals surface area (Å²) in [5.41, 5.74) is 1.62. The Bertz CT molecular complexity index is 618. The lowest BCUT2D eigenvalue weighted by Gasteiger charge is -2.29. The first-order chi connectivity index (χ1) is 13.7. The fourth-order valence-corrected chi connectivity index (χ4v) is 3.50. The Morgan fingerprint density at radius 2 is 1.54 bits per heavy atom. The molecule has 28 heavy (non-hydrogen) atoms. The quantitative estimate of drug-likeness (QED) is 0.391. The largest absolute Gasteiger partial charge is 0.472 e. The molecule has 1 aromatic carbocycles. The summed E-state index contributed by atoms with van der Waals surface area (Å²) in [7, 11) is 0. The molecule has 154 valence electrons. The Balaban J connectivity index is 1.57. The minimum atomic E-state index is -1.12. The number of aliphatic carboxylic acids is 1. The van der Waals surface area contributed by atoms with Crippen LogP contribution in [0.2, 0.25) is 0 Å². The van der Waals surface area contributed by atoms with Gasteiger partial charge in [0, 0.05) is 23.0 Å². The molecule has 2 rings (SSSR count). The molecule has 0 amide bonds. The van der Waals surface area contributed by atoms with E-state index in [1.165, 1.54) is 64.2 Å². The standard InChI is InChI=1S/C24H34O4/c1-2-3-4-5-6-7-8-9-10-11-21-18-27-24(28-19-21)22-15-12-20(13-16-22)14-17-23(25)26/h12-13,15-16,21,24H,2-11,18-19H2,1H3,(H,25,26).